The lowest BCUT2D eigenvalue weighted by molar-refractivity contribution is 0.255. The van der Waals surface area contributed by atoms with Crippen molar-refractivity contribution in [2.24, 2.45) is 16.8 Å². The van der Waals surface area contributed by atoms with E-state index in [1.165, 1.54) is 25.7 Å². The maximum absolute atomic E-state index is 9.63. The molecular formula is C19H31N3O. The first-order valence-corrected chi connectivity index (χ1v) is 8.85. The Labute approximate surface area is 140 Å². The fourth-order valence-corrected chi connectivity index (χ4v) is 3.38. The van der Waals surface area contributed by atoms with Crippen molar-refractivity contribution in [2.75, 3.05) is 26.7 Å². The summed E-state index contributed by atoms with van der Waals surface area (Å²) in [5, 5.41) is 16.4. The van der Waals surface area contributed by atoms with E-state index in [0.717, 1.165) is 29.9 Å². The number of aliphatic hydroxyl groups is 1. The van der Waals surface area contributed by atoms with Crippen molar-refractivity contribution in [3.05, 3.63) is 35.9 Å². The molecule has 0 aliphatic heterocycles. The van der Waals surface area contributed by atoms with Gasteiger partial charge in [0.15, 0.2) is 5.96 Å². The van der Waals surface area contributed by atoms with Crippen molar-refractivity contribution < 1.29 is 5.11 Å². The molecule has 2 rings (SSSR count). The van der Waals surface area contributed by atoms with E-state index in [-0.39, 0.29) is 12.5 Å². The summed E-state index contributed by atoms with van der Waals surface area (Å²) in [6.45, 7) is 4.16. The Kier molecular flexibility index (Phi) is 7.40. The molecule has 1 saturated carbocycles. The number of guanidine groups is 1. The van der Waals surface area contributed by atoms with Crippen LogP contribution in [0.5, 0.6) is 0 Å². The summed E-state index contributed by atoms with van der Waals surface area (Å²) in [6, 6.07) is 10.1. The van der Waals surface area contributed by atoms with Gasteiger partial charge in [-0.15, -0.1) is 0 Å². The van der Waals surface area contributed by atoms with E-state index >= 15 is 0 Å². The molecule has 1 aromatic carbocycles. The van der Waals surface area contributed by atoms with Crippen LogP contribution in [-0.2, 0) is 0 Å². The number of nitrogens with zero attached hydrogens (tertiary/aromatic N) is 1. The third kappa shape index (κ3) is 5.54. The second-order valence-electron chi connectivity index (χ2n) is 6.65. The standard InChI is InChI=1S/C19H31N3O/c1-15-8-6-7-11-17(15)12-21-19(20-2)22-13-18(14-23)16-9-4-3-5-10-16/h3-5,9-10,15,17-18,23H,6-8,11-14H2,1-2H3,(H2,20,21,22). The number of rotatable bonds is 6. The minimum atomic E-state index is 0.0864. The second kappa shape index (κ2) is 9.56. The Bertz CT molecular complexity index is 475. The van der Waals surface area contributed by atoms with E-state index in [2.05, 4.69) is 34.7 Å². The van der Waals surface area contributed by atoms with E-state index in [9.17, 15) is 5.11 Å². The highest BCUT2D eigenvalue weighted by Crippen LogP contribution is 2.28. The Morgan fingerprint density at radius 2 is 1.96 bits per heavy atom. The van der Waals surface area contributed by atoms with Gasteiger partial charge in [-0.3, -0.25) is 4.99 Å². The second-order valence-corrected chi connectivity index (χ2v) is 6.65. The molecule has 1 aliphatic rings. The van der Waals surface area contributed by atoms with Gasteiger partial charge >= 0.3 is 0 Å². The lowest BCUT2D eigenvalue weighted by atomic mass is 9.80. The first-order chi connectivity index (χ1) is 11.2. The lowest BCUT2D eigenvalue weighted by Crippen LogP contribution is -2.43. The van der Waals surface area contributed by atoms with Crippen LogP contribution >= 0.6 is 0 Å². The fourth-order valence-electron chi connectivity index (χ4n) is 3.38. The Hall–Kier alpha value is -1.55. The molecule has 4 nitrogen and oxygen atoms in total. The van der Waals surface area contributed by atoms with Crippen molar-refractivity contribution >= 4 is 5.96 Å². The number of aliphatic hydroxyl groups excluding tert-OH is 1. The van der Waals surface area contributed by atoms with Crippen molar-refractivity contribution in [3.8, 4) is 0 Å². The summed E-state index contributed by atoms with van der Waals surface area (Å²) in [5.41, 5.74) is 1.15. The molecule has 3 unspecified atom stereocenters. The average molecular weight is 317 g/mol. The van der Waals surface area contributed by atoms with Gasteiger partial charge in [-0.1, -0.05) is 56.5 Å². The van der Waals surface area contributed by atoms with Gasteiger partial charge in [-0.2, -0.15) is 0 Å². The summed E-state index contributed by atoms with van der Waals surface area (Å²) in [5.74, 6) is 2.45. The van der Waals surface area contributed by atoms with E-state index in [0.29, 0.717) is 6.54 Å². The lowest BCUT2D eigenvalue weighted by Gasteiger charge is -2.29. The van der Waals surface area contributed by atoms with E-state index < -0.39 is 0 Å². The molecule has 0 heterocycles. The molecule has 0 radical (unpaired) electrons. The predicted molar refractivity (Wildman–Crippen MR) is 96.8 cm³/mol. The van der Waals surface area contributed by atoms with Gasteiger partial charge in [-0.25, -0.2) is 0 Å². The molecule has 0 aromatic heterocycles. The smallest absolute Gasteiger partial charge is 0.191 e. The van der Waals surface area contributed by atoms with E-state index in [1.807, 2.05) is 18.2 Å². The zero-order valence-electron chi connectivity index (χ0n) is 14.5. The van der Waals surface area contributed by atoms with Gasteiger partial charge in [0.2, 0.25) is 0 Å². The van der Waals surface area contributed by atoms with Crippen LogP contribution in [0.4, 0.5) is 0 Å². The summed E-state index contributed by atoms with van der Waals surface area (Å²) < 4.78 is 0. The molecule has 3 N–H and O–H groups in total. The third-order valence-electron chi connectivity index (χ3n) is 5.05. The minimum Gasteiger partial charge on any atom is -0.396 e. The number of benzene rings is 1. The molecule has 0 amide bonds. The first-order valence-electron chi connectivity index (χ1n) is 8.85. The van der Waals surface area contributed by atoms with Crippen LogP contribution in [0.15, 0.2) is 35.3 Å². The van der Waals surface area contributed by atoms with E-state index in [4.69, 9.17) is 0 Å². The van der Waals surface area contributed by atoms with Gasteiger partial charge in [0.1, 0.15) is 0 Å². The summed E-state index contributed by atoms with van der Waals surface area (Å²) in [4.78, 5) is 4.31. The van der Waals surface area contributed by atoms with Gasteiger partial charge in [0.05, 0.1) is 6.61 Å². The van der Waals surface area contributed by atoms with Crippen LogP contribution in [0.1, 0.15) is 44.1 Å². The van der Waals surface area contributed by atoms with Gasteiger partial charge < -0.3 is 15.7 Å². The maximum atomic E-state index is 9.63. The van der Waals surface area contributed by atoms with E-state index in [1.54, 1.807) is 7.05 Å². The zero-order chi connectivity index (χ0) is 16.5. The molecule has 4 heteroatoms. The molecule has 0 spiro atoms. The monoisotopic (exact) mass is 317 g/mol. The van der Waals surface area contributed by atoms with Crippen LogP contribution in [0.3, 0.4) is 0 Å². The highest BCUT2D eigenvalue weighted by molar-refractivity contribution is 5.79. The molecule has 23 heavy (non-hydrogen) atoms. The molecular weight excluding hydrogens is 286 g/mol. The first kappa shape index (κ1) is 17.8. The highest BCUT2D eigenvalue weighted by atomic mass is 16.3. The van der Waals surface area contributed by atoms with Crippen LogP contribution in [-0.4, -0.2) is 37.8 Å². The summed E-state index contributed by atoms with van der Waals surface area (Å²) in [6.07, 6.45) is 5.39. The molecule has 0 bridgehead atoms. The van der Waals surface area contributed by atoms with Gasteiger partial charge in [0.25, 0.3) is 0 Å². The van der Waals surface area contributed by atoms with Crippen LogP contribution in [0.2, 0.25) is 0 Å². The Balaban J connectivity index is 1.80. The number of aliphatic imine (C=N–C) groups is 1. The predicted octanol–water partition coefficient (Wildman–Crippen LogP) is 2.75. The van der Waals surface area contributed by atoms with Crippen molar-refractivity contribution in [1.82, 2.24) is 10.6 Å². The number of hydrogen-bond acceptors (Lipinski definition) is 2. The quantitative estimate of drug-likeness (QED) is 0.558. The maximum Gasteiger partial charge on any atom is 0.191 e. The molecule has 0 saturated heterocycles. The van der Waals surface area contributed by atoms with Gasteiger partial charge in [-0.05, 0) is 23.8 Å². The molecule has 1 fully saturated rings. The average Bonchev–Trinajstić information content (AvgIpc) is 2.60. The van der Waals surface area contributed by atoms with Crippen molar-refractivity contribution in [3.63, 3.8) is 0 Å². The van der Waals surface area contributed by atoms with Crippen molar-refractivity contribution in [1.29, 1.82) is 0 Å². The largest absolute Gasteiger partial charge is 0.396 e. The fraction of sp³-hybridized carbons (Fsp3) is 0.632. The molecule has 1 aromatic rings. The SMILES string of the molecule is CN=C(NCC(CO)c1ccccc1)NCC1CCCCC1C. The third-order valence-corrected chi connectivity index (χ3v) is 5.05. The number of hydrogen-bond donors (Lipinski definition) is 3. The molecule has 128 valence electrons. The summed E-state index contributed by atoms with van der Waals surface area (Å²) >= 11 is 0. The topological polar surface area (TPSA) is 56.7 Å². The zero-order valence-corrected chi connectivity index (χ0v) is 14.5. The normalized spacial score (nSPS) is 23.3. The minimum absolute atomic E-state index is 0.0864. The Morgan fingerprint density at radius 3 is 2.61 bits per heavy atom. The van der Waals surface area contributed by atoms with Crippen LogP contribution in [0.25, 0.3) is 0 Å². The summed E-state index contributed by atoms with van der Waals surface area (Å²) in [7, 11) is 1.80. The Morgan fingerprint density at radius 1 is 1.22 bits per heavy atom. The van der Waals surface area contributed by atoms with Crippen molar-refractivity contribution in [2.45, 2.75) is 38.5 Å². The van der Waals surface area contributed by atoms with Gasteiger partial charge in [0, 0.05) is 26.1 Å². The number of nitrogens with one attached hydrogen (secondary N) is 2. The van der Waals surface area contributed by atoms with Crippen LogP contribution < -0.4 is 10.6 Å². The molecule has 1 aliphatic carbocycles. The van der Waals surface area contributed by atoms with Crippen LogP contribution in [0, 0.1) is 11.8 Å². The highest BCUT2D eigenvalue weighted by Gasteiger charge is 2.21. The molecule has 3 atom stereocenters.